The van der Waals surface area contributed by atoms with Gasteiger partial charge in [-0.2, -0.15) is 5.10 Å². The molecule has 0 saturated heterocycles. The average molecular weight is 179 g/mol. The molecule has 13 heavy (non-hydrogen) atoms. The van der Waals surface area contributed by atoms with E-state index in [2.05, 4.69) is 12.0 Å². The second-order valence-electron chi connectivity index (χ2n) is 3.54. The molecule has 1 aromatic rings. The van der Waals surface area contributed by atoms with Crippen molar-refractivity contribution in [2.45, 2.75) is 19.3 Å². The van der Waals surface area contributed by atoms with Gasteiger partial charge in [-0.05, 0) is 24.5 Å². The van der Waals surface area contributed by atoms with Gasteiger partial charge in [-0.15, -0.1) is 0 Å². The SMILES string of the molecule is CC1CC1c1ccc(/C(N)=N/N)o1. The van der Waals surface area contributed by atoms with Crippen molar-refractivity contribution in [3.8, 4) is 0 Å². The number of nitrogens with two attached hydrogens (primary N) is 2. The fourth-order valence-corrected chi connectivity index (χ4v) is 1.47. The minimum atomic E-state index is 0.250. The molecule has 70 valence electrons. The summed E-state index contributed by atoms with van der Waals surface area (Å²) in [4.78, 5) is 0. The van der Waals surface area contributed by atoms with Crippen LogP contribution in [0.1, 0.15) is 30.8 Å². The van der Waals surface area contributed by atoms with Gasteiger partial charge in [0.1, 0.15) is 5.76 Å². The van der Waals surface area contributed by atoms with Crippen LogP contribution in [0.5, 0.6) is 0 Å². The molecule has 1 aromatic heterocycles. The van der Waals surface area contributed by atoms with Crippen molar-refractivity contribution >= 4 is 5.84 Å². The lowest BCUT2D eigenvalue weighted by molar-refractivity contribution is 0.497. The Labute approximate surface area is 76.6 Å². The highest BCUT2D eigenvalue weighted by Crippen LogP contribution is 2.47. The van der Waals surface area contributed by atoms with Crippen molar-refractivity contribution in [1.29, 1.82) is 0 Å². The molecule has 0 amide bonds. The summed E-state index contributed by atoms with van der Waals surface area (Å²) in [6, 6.07) is 3.76. The number of rotatable bonds is 2. The van der Waals surface area contributed by atoms with Crippen molar-refractivity contribution in [2.75, 3.05) is 0 Å². The van der Waals surface area contributed by atoms with Crippen molar-refractivity contribution in [3.05, 3.63) is 23.7 Å². The highest BCUT2D eigenvalue weighted by molar-refractivity contribution is 5.94. The van der Waals surface area contributed by atoms with Crippen LogP contribution in [-0.2, 0) is 0 Å². The minimum absolute atomic E-state index is 0.250. The van der Waals surface area contributed by atoms with E-state index in [4.69, 9.17) is 16.0 Å². The fourth-order valence-electron chi connectivity index (χ4n) is 1.47. The van der Waals surface area contributed by atoms with Gasteiger partial charge in [0.25, 0.3) is 0 Å². The average Bonchev–Trinajstić information content (AvgIpc) is 2.70. The highest BCUT2D eigenvalue weighted by atomic mass is 16.3. The molecule has 4 nitrogen and oxygen atoms in total. The summed E-state index contributed by atoms with van der Waals surface area (Å²) in [5.74, 6) is 8.15. The number of hydrazone groups is 1. The second kappa shape index (κ2) is 2.80. The molecule has 2 atom stereocenters. The molecular weight excluding hydrogens is 166 g/mol. The van der Waals surface area contributed by atoms with Crippen LogP contribution in [0, 0.1) is 5.92 Å². The molecule has 1 aliphatic carbocycles. The number of hydrogen-bond donors (Lipinski definition) is 2. The zero-order chi connectivity index (χ0) is 9.42. The Balaban J connectivity index is 2.19. The number of amidine groups is 1. The largest absolute Gasteiger partial charge is 0.457 e. The maximum Gasteiger partial charge on any atom is 0.186 e. The van der Waals surface area contributed by atoms with Gasteiger partial charge < -0.3 is 16.0 Å². The van der Waals surface area contributed by atoms with Crippen LogP contribution in [0.2, 0.25) is 0 Å². The van der Waals surface area contributed by atoms with E-state index in [0.717, 1.165) is 11.7 Å². The highest BCUT2D eigenvalue weighted by Gasteiger charge is 2.36. The van der Waals surface area contributed by atoms with Crippen LogP contribution >= 0.6 is 0 Å². The van der Waals surface area contributed by atoms with E-state index in [-0.39, 0.29) is 5.84 Å². The Kier molecular flexibility index (Phi) is 1.76. The Morgan fingerprint density at radius 2 is 2.31 bits per heavy atom. The third kappa shape index (κ3) is 1.39. The van der Waals surface area contributed by atoms with Gasteiger partial charge in [0.05, 0.1) is 0 Å². The first-order valence-electron chi connectivity index (χ1n) is 4.36. The molecule has 0 radical (unpaired) electrons. The van der Waals surface area contributed by atoms with Crippen molar-refractivity contribution in [2.24, 2.45) is 22.6 Å². The molecule has 4 N–H and O–H groups in total. The lowest BCUT2D eigenvalue weighted by Gasteiger charge is -1.93. The lowest BCUT2D eigenvalue weighted by atomic mass is 10.3. The molecule has 2 unspecified atom stereocenters. The monoisotopic (exact) mass is 179 g/mol. The zero-order valence-corrected chi connectivity index (χ0v) is 7.53. The summed E-state index contributed by atoms with van der Waals surface area (Å²) in [6.45, 7) is 2.20. The summed E-state index contributed by atoms with van der Waals surface area (Å²) in [7, 11) is 0. The normalized spacial score (nSPS) is 27.6. The smallest absolute Gasteiger partial charge is 0.186 e. The Hall–Kier alpha value is -1.45. The molecule has 1 fully saturated rings. The van der Waals surface area contributed by atoms with Crippen molar-refractivity contribution < 1.29 is 4.42 Å². The molecule has 1 aliphatic rings. The first kappa shape index (κ1) is 8.16. The summed E-state index contributed by atoms with van der Waals surface area (Å²) in [5, 5.41) is 3.37. The van der Waals surface area contributed by atoms with Gasteiger partial charge in [0, 0.05) is 5.92 Å². The maximum absolute atomic E-state index is 5.49. The van der Waals surface area contributed by atoms with Gasteiger partial charge in [-0.25, -0.2) is 0 Å². The molecule has 1 heterocycles. The van der Waals surface area contributed by atoms with Crippen molar-refractivity contribution in [3.63, 3.8) is 0 Å². The number of furan rings is 1. The predicted octanol–water partition coefficient (Wildman–Crippen LogP) is 0.982. The zero-order valence-electron chi connectivity index (χ0n) is 7.53. The molecule has 0 bridgehead atoms. The lowest BCUT2D eigenvalue weighted by Crippen LogP contribution is -2.14. The van der Waals surface area contributed by atoms with E-state index in [1.165, 1.54) is 6.42 Å². The molecule has 0 spiro atoms. The molecule has 4 heteroatoms. The Morgan fingerprint density at radius 1 is 1.62 bits per heavy atom. The Morgan fingerprint density at radius 3 is 2.85 bits per heavy atom. The van der Waals surface area contributed by atoms with Gasteiger partial charge in [-0.3, -0.25) is 0 Å². The van der Waals surface area contributed by atoms with Gasteiger partial charge in [0.2, 0.25) is 0 Å². The minimum Gasteiger partial charge on any atom is -0.457 e. The summed E-state index contributed by atoms with van der Waals surface area (Å²) < 4.78 is 5.49. The fraction of sp³-hybridized carbons (Fsp3) is 0.444. The van der Waals surface area contributed by atoms with E-state index in [0.29, 0.717) is 11.7 Å². The van der Waals surface area contributed by atoms with Crippen LogP contribution in [0.25, 0.3) is 0 Å². The maximum atomic E-state index is 5.49. The van der Waals surface area contributed by atoms with Crippen LogP contribution in [-0.4, -0.2) is 5.84 Å². The molecule has 0 aromatic carbocycles. The van der Waals surface area contributed by atoms with E-state index < -0.39 is 0 Å². The summed E-state index contributed by atoms with van der Waals surface area (Å²) >= 11 is 0. The number of hydrogen-bond acceptors (Lipinski definition) is 3. The molecule has 2 rings (SSSR count). The molecular formula is C9H13N3O. The van der Waals surface area contributed by atoms with Crippen LogP contribution in [0.4, 0.5) is 0 Å². The van der Waals surface area contributed by atoms with Crippen LogP contribution in [0.15, 0.2) is 21.7 Å². The van der Waals surface area contributed by atoms with Gasteiger partial charge in [0.15, 0.2) is 11.6 Å². The molecule has 1 saturated carbocycles. The van der Waals surface area contributed by atoms with E-state index in [1.54, 1.807) is 0 Å². The number of nitrogens with zero attached hydrogens (tertiary/aromatic N) is 1. The summed E-state index contributed by atoms with van der Waals surface area (Å²) in [6.07, 6.45) is 1.20. The second-order valence-corrected chi connectivity index (χ2v) is 3.54. The summed E-state index contributed by atoms with van der Waals surface area (Å²) in [5.41, 5.74) is 5.49. The van der Waals surface area contributed by atoms with E-state index >= 15 is 0 Å². The quantitative estimate of drug-likeness (QED) is 0.307. The molecule has 0 aliphatic heterocycles. The van der Waals surface area contributed by atoms with E-state index in [1.807, 2.05) is 12.1 Å². The predicted molar refractivity (Wildman–Crippen MR) is 50.1 cm³/mol. The van der Waals surface area contributed by atoms with Crippen molar-refractivity contribution in [1.82, 2.24) is 0 Å². The standard InChI is InChI=1S/C9H13N3O/c1-5-4-6(5)7-2-3-8(13-7)9(10)12-11/h2-3,5-6H,4,11H2,1H3,(H2,10,12). The Bertz CT molecular complexity index is 342. The third-order valence-corrected chi connectivity index (χ3v) is 2.49. The van der Waals surface area contributed by atoms with Gasteiger partial charge in [-0.1, -0.05) is 6.92 Å². The third-order valence-electron chi connectivity index (χ3n) is 2.49. The van der Waals surface area contributed by atoms with Crippen LogP contribution in [0.3, 0.4) is 0 Å². The van der Waals surface area contributed by atoms with E-state index in [9.17, 15) is 0 Å². The first-order valence-corrected chi connectivity index (χ1v) is 4.36. The van der Waals surface area contributed by atoms with Crippen LogP contribution < -0.4 is 11.6 Å². The first-order chi connectivity index (χ1) is 6.22. The van der Waals surface area contributed by atoms with Gasteiger partial charge >= 0.3 is 0 Å². The topological polar surface area (TPSA) is 77.5 Å².